The average Bonchev–Trinajstić information content (AvgIpc) is 2.97. The molecule has 2 N–H and O–H groups in total. The van der Waals surface area contributed by atoms with Gasteiger partial charge in [-0.3, -0.25) is 10.1 Å². The Morgan fingerprint density at radius 3 is 2.82 bits per heavy atom. The van der Waals surface area contributed by atoms with Crippen molar-refractivity contribution in [2.75, 3.05) is 0 Å². The van der Waals surface area contributed by atoms with Gasteiger partial charge in [0.15, 0.2) is 0 Å². The number of rotatable bonds is 3. The van der Waals surface area contributed by atoms with Gasteiger partial charge in [0, 0.05) is 29.7 Å². The van der Waals surface area contributed by atoms with Gasteiger partial charge in [0.1, 0.15) is 11.6 Å². The lowest BCUT2D eigenvalue weighted by Gasteiger charge is -2.11. The molecule has 1 atom stereocenters. The summed E-state index contributed by atoms with van der Waals surface area (Å²) in [5.74, 6) is -0.444. The van der Waals surface area contributed by atoms with Gasteiger partial charge >= 0.3 is 0 Å². The van der Waals surface area contributed by atoms with Crippen molar-refractivity contribution in [3.63, 3.8) is 0 Å². The molecule has 6 nitrogen and oxygen atoms in total. The Hall–Kier alpha value is -2.96. The second-order valence-corrected chi connectivity index (χ2v) is 4.92. The Bertz CT molecular complexity index is 776. The maximum atomic E-state index is 13.8. The highest BCUT2D eigenvalue weighted by Crippen LogP contribution is 2.31. The van der Waals surface area contributed by atoms with Crippen LogP contribution in [0.1, 0.15) is 23.6 Å². The van der Waals surface area contributed by atoms with E-state index in [0.29, 0.717) is 17.7 Å². The quantitative estimate of drug-likeness (QED) is 0.674. The van der Waals surface area contributed by atoms with Crippen LogP contribution in [0.25, 0.3) is 0 Å². The van der Waals surface area contributed by atoms with Gasteiger partial charge in [0.25, 0.3) is 5.69 Å². The van der Waals surface area contributed by atoms with Crippen LogP contribution in [0.2, 0.25) is 0 Å². The molecule has 0 aliphatic carbocycles. The number of nitrogens with zero attached hydrogens (tertiary/aromatic N) is 2. The van der Waals surface area contributed by atoms with E-state index in [9.17, 15) is 19.6 Å². The molecule has 0 saturated carbocycles. The van der Waals surface area contributed by atoms with Crippen molar-refractivity contribution < 1.29 is 14.4 Å². The molecule has 7 heteroatoms. The summed E-state index contributed by atoms with van der Waals surface area (Å²) in [7, 11) is 0. The number of halogens is 1. The van der Waals surface area contributed by atoms with E-state index in [4.69, 9.17) is 0 Å². The fourth-order valence-corrected chi connectivity index (χ4v) is 2.42. The van der Waals surface area contributed by atoms with Gasteiger partial charge in [-0.1, -0.05) is 18.2 Å². The first kappa shape index (κ1) is 14.0. The standard InChI is InChI=1S/C15H12FN3O3/c16-12-4-2-1-3-10(12)13-8-14(18-17-13)11-7-9(19(21)22)5-6-15(11)20/h1-7,13,17,20H,8H2/t13-/m1/s1. The summed E-state index contributed by atoms with van der Waals surface area (Å²) in [5, 5.41) is 24.8. The number of hydrogen-bond donors (Lipinski definition) is 2. The normalized spacial score (nSPS) is 17.0. The van der Waals surface area contributed by atoms with Gasteiger partial charge in [-0.05, 0) is 12.1 Å². The number of nitro benzene ring substituents is 1. The molecule has 0 aromatic heterocycles. The zero-order valence-corrected chi connectivity index (χ0v) is 11.4. The van der Waals surface area contributed by atoms with Crippen LogP contribution in [0.4, 0.5) is 10.1 Å². The predicted octanol–water partition coefficient (Wildman–Crippen LogP) is 2.88. The summed E-state index contributed by atoms with van der Waals surface area (Å²) in [6.45, 7) is 0. The monoisotopic (exact) mass is 301 g/mol. The van der Waals surface area contributed by atoms with Gasteiger partial charge < -0.3 is 10.5 Å². The average molecular weight is 301 g/mol. The van der Waals surface area contributed by atoms with Gasteiger partial charge in [0.05, 0.1) is 16.7 Å². The number of non-ortho nitro benzene ring substituents is 1. The van der Waals surface area contributed by atoms with Gasteiger partial charge in [-0.15, -0.1) is 0 Å². The second-order valence-electron chi connectivity index (χ2n) is 4.92. The molecule has 1 aliphatic heterocycles. The molecular formula is C15H12FN3O3. The number of nitrogens with one attached hydrogen (secondary N) is 1. The van der Waals surface area contributed by atoms with Crippen LogP contribution in [0.5, 0.6) is 5.75 Å². The number of hydrogen-bond acceptors (Lipinski definition) is 5. The Kier molecular flexibility index (Phi) is 3.46. The predicted molar refractivity (Wildman–Crippen MR) is 78.2 cm³/mol. The zero-order valence-electron chi connectivity index (χ0n) is 11.4. The molecule has 2 aromatic rings. The number of phenols is 1. The topological polar surface area (TPSA) is 87.8 Å². The lowest BCUT2D eigenvalue weighted by atomic mass is 9.98. The molecule has 22 heavy (non-hydrogen) atoms. The first-order valence-corrected chi connectivity index (χ1v) is 6.60. The van der Waals surface area contributed by atoms with Crippen molar-refractivity contribution in [2.24, 2.45) is 5.10 Å². The molecule has 1 heterocycles. The maximum Gasteiger partial charge on any atom is 0.270 e. The molecule has 0 radical (unpaired) electrons. The molecule has 0 saturated heterocycles. The van der Waals surface area contributed by atoms with Crippen LogP contribution in [-0.2, 0) is 0 Å². The molecule has 2 aromatic carbocycles. The summed E-state index contributed by atoms with van der Waals surface area (Å²) < 4.78 is 13.8. The minimum atomic E-state index is -0.541. The Labute approximate surface area is 125 Å². The molecule has 0 spiro atoms. The van der Waals surface area contributed by atoms with E-state index in [1.165, 1.54) is 24.3 Å². The third-order valence-electron chi connectivity index (χ3n) is 3.54. The third kappa shape index (κ3) is 2.48. The molecule has 0 unspecified atom stereocenters. The molecule has 112 valence electrons. The Balaban J connectivity index is 1.88. The van der Waals surface area contributed by atoms with Crippen LogP contribution in [-0.4, -0.2) is 15.7 Å². The van der Waals surface area contributed by atoms with E-state index in [-0.39, 0.29) is 28.9 Å². The first-order valence-electron chi connectivity index (χ1n) is 6.60. The molecule has 0 amide bonds. The summed E-state index contributed by atoms with van der Waals surface area (Å²) in [6, 6.07) is 9.71. The van der Waals surface area contributed by atoms with Crippen LogP contribution in [0.3, 0.4) is 0 Å². The van der Waals surface area contributed by atoms with E-state index < -0.39 is 4.92 Å². The van der Waals surface area contributed by atoms with Crippen molar-refractivity contribution in [3.05, 3.63) is 69.5 Å². The van der Waals surface area contributed by atoms with Crippen molar-refractivity contribution in [2.45, 2.75) is 12.5 Å². The van der Waals surface area contributed by atoms with E-state index >= 15 is 0 Å². The summed E-state index contributed by atoms with van der Waals surface area (Å²) in [6.07, 6.45) is 0.329. The van der Waals surface area contributed by atoms with E-state index in [1.54, 1.807) is 18.2 Å². The number of benzene rings is 2. The van der Waals surface area contributed by atoms with Crippen LogP contribution >= 0.6 is 0 Å². The minimum absolute atomic E-state index is 0.0969. The SMILES string of the molecule is O=[N+]([O-])c1ccc(O)c(C2=NN[C@@H](c3ccccc3F)C2)c1. The molecule has 0 bridgehead atoms. The molecule has 1 aliphatic rings. The summed E-state index contributed by atoms with van der Waals surface area (Å²) in [5.41, 5.74) is 3.87. The van der Waals surface area contributed by atoms with Gasteiger partial charge in [-0.2, -0.15) is 5.10 Å². The van der Waals surface area contributed by atoms with Crippen LogP contribution in [0.15, 0.2) is 47.6 Å². The highest BCUT2D eigenvalue weighted by molar-refractivity contribution is 6.04. The molecule has 0 fully saturated rings. The van der Waals surface area contributed by atoms with Gasteiger partial charge in [0.2, 0.25) is 0 Å². The van der Waals surface area contributed by atoms with Gasteiger partial charge in [-0.25, -0.2) is 4.39 Å². The van der Waals surface area contributed by atoms with Crippen LogP contribution < -0.4 is 5.43 Å². The smallest absolute Gasteiger partial charge is 0.270 e. The van der Waals surface area contributed by atoms with Crippen molar-refractivity contribution >= 4 is 11.4 Å². The minimum Gasteiger partial charge on any atom is -0.507 e. The number of hydrazone groups is 1. The van der Waals surface area contributed by atoms with E-state index in [1.807, 2.05) is 0 Å². The summed E-state index contributed by atoms with van der Waals surface area (Å²) >= 11 is 0. The second kappa shape index (κ2) is 5.44. The van der Waals surface area contributed by atoms with E-state index in [2.05, 4.69) is 10.5 Å². The largest absolute Gasteiger partial charge is 0.507 e. The molecule has 3 rings (SSSR count). The number of nitro groups is 1. The number of aromatic hydroxyl groups is 1. The summed E-state index contributed by atoms with van der Waals surface area (Å²) in [4.78, 5) is 10.3. The molecular weight excluding hydrogens is 289 g/mol. The number of phenolic OH excluding ortho intramolecular Hbond substituents is 1. The third-order valence-corrected chi connectivity index (χ3v) is 3.54. The van der Waals surface area contributed by atoms with Crippen molar-refractivity contribution in [3.8, 4) is 5.75 Å². The zero-order chi connectivity index (χ0) is 15.7. The maximum absolute atomic E-state index is 13.8. The first-order chi connectivity index (χ1) is 10.6. The van der Waals surface area contributed by atoms with Crippen LogP contribution in [0, 0.1) is 15.9 Å². The lowest BCUT2D eigenvalue weighted by molar-refractivity contribution is -0.384. The van der Waals surface area contributed by atoms with E-state index in [0.717, 1.165) is 0 Å². The van der Waals surface area contributed by atoms with Crippen molar-refractivity contribution in [1.82, 2.24) is 5.43 Å². The fraction of sp³-hybridized carbons (Fsp3) is 0.133. The highest BCUT2D eigenvalue weighted by Gasteiger charge is 2.26. The Morgan fingerprint density at radius 2 is 2.09 bits per heavy atom. The highest BCUT2D eigenvalue weighted by atomic mass is 19.1. The fourth-order valence-electron chi connectivity index (χ4n) is 2.42. The van der Waals surface area contributed by atoms with Crippen molar-refractivity contribution in [1.29, 1.82) is 0 Å². The lowest BCUT2D eigenvalue weighted by Crippen LogP contribution is -2.11. The Morgan fingerprint density at radius 1 is 1.32 bits per heavy atom.